The molecule has 0 atom stereocenters. The van der Waals surface area contributed by atoms with Crippen molar-refractivity contribution >= 4 is 32.5 Å². The molecule has 1 heterocycles. The number of pyridine rings is 1. The molecule has 0 unspecified atom stereocenters. The lowest BCUT2D eigenvalue weighted by molar-refractivity contribution is -0.865. The Morgan fingerprint density at radius 3 is 2.81 bits per heavy atom. The third-order valence-electron chi connectivity index (χ3n) is 2.19. The zero-order valence-corrected chi connectivity index (χ0v) is 9.97. The molecule has 0 saturated heterocycles. The van der Waals surface area contributed by atoms with Gasteiger partial charge in [0.05, 0.1) is 14.8 Å². The molecule has 82 valence electrons. The fraction of sp³-hybridized carbons (Fsp3) is 0.100. The number of hydrogen-bond acceptors (Lipinski definition) is 3. The molecule has 0 aliphatic carbocycles. The highest BCUT2D eigenvalue weighted by Crippen LogP contribution is 2.20. The van der Waals surface area contributed by atoms with E-state index in [9.17, 15) is 10.1 Å². The highest BCUT2D eigenvalue weighted by Gasteiger charge is 2.15. The molecule has 0 bridgehead atoms. The number of nitrogens with zero attached hydrogens (tertiary/aromatic N) is 2. The first kappa shape index (κ1) is 10.8. The number of aromatic nitrogens is 1. The second-order valence-electron chi connectivity index (χ2n) is 3.17. The predicted octanol–water partition coefficient (Wildman–Crippen LogP) is 1.86. The van der Waals surface area contributed by atoms with Crippen molar-refractivity contribution in [3.63, 3.8) is 0 Å². The summed E-state index contributed by atoms with van der Waals surface area (Å²) in [5, 5.41) is 11.4. The van der Waals surface area contributed by atoms with Gasteiger partial charge in [-0.05, 0) is 22.0 Å². The van der Waals surface area contributed by atoms with Gasteiger partial charge in [0.1, 0.15) is 7.11 Å². The van der Waals surface area contributed by atoms with E-state index in [1.54, 1.807) is 23.1 Å². The zero-order valence-electron chi connectivity index (χ0n) is 8.38. The molecule has 0 spiro atoms. The topological polar surface area (TPSA) is 56.2 Å². The van der Waals surface area contributed by atoms with Crippen molar-refractivity contribution in [1.29, 1.82) is 0 Å². The Balaban J connectivity index is 2.74. The standard InChI is InChI=1S/C10H8BrN2O3/c1-16-12-6-8(11)4-7-5-9(13(14)15)2-3-10(7)12/h2-6H,1H3/q+1. The fourth-order valence-electron chi connectivity index (χ4n) is 1.49. The summed E-state index contributed by atoms with van der Waals surface area (Å²) in [4.78, 5) is 15.3. The molecular formula is C10H8BrN2O3+. The highest BCUT2D eigenvalue weighted by atomic mass is 79.9. The summed E-state index contributed by atoms with van der Waals surface area (Å²) in [5.41, 5.74) is 0.838. The Labute approximate surface area is 99.5 Å². The Morgan fingerprint density at radius 2 is 2.19 bits per heavy atom. The van der Waals surface area contributed by atoms with Crippen LogP contribution in [-0.4, -0.2) is 12.0 Å². The average Bonchev–Trinajstić information content (AvgIpc) is 2.26. The van der Waals surface area contributed by atoms with E-state index in [-0.39, 0.29) is 5.69 Å². The number of non-ortho nitro benzene ring substituents is 1. The molecule has 1 aromatic heterocycles. The van der Waals surface area contributed by atoms with Crippen LogP contribution < -0.4 is 9.57 Å². The number of benzene rings is 1. The Morgan fingerprint density at radius 1 is 1.44 bits per heavy atom. The van der Waals surface area contributed by atoms with Crippen molar-refractivity contribution in [3.8, 4) is 0 Å². The van der Waals surface area contributed by atoms with Crippen molar-refractivity contribution in [1.82, 2.24) is 0 Å². The van der Waals surface area contributed by atoms with Gasteiger partial charge in [-0.3, -0.25) is 15.0 Å². The van der Waals surface area contributed by atoms with E-state index in [4.69, 9.17) is 4.84 Å². The minimum absolute atomic E-state index is 0.0632. The second kappa shape index (κ2) is 4.05. The monoisotopic (exact) mass is 283 g/mol. The van der Waals surface area contributed by atoms with E-state index in [2.05, 4.69) is 15.9 Å². The van der Waals surface area contributed by atoms with Crippen molar-refractivity contribution in [3.05, 3.63) is 45.0 Å². The summed E-state index contributed by atoms with van der Waals surface area (Å²) >= 11 is 3.31. The van der Waals surface area contributed by atoms with E-state index in [1.807, 2.05) is 0 Å². The molecule has 0 radical (unpaired) electrons. The molecule has 0 N–H and O–H groups in total. The van der Waals surface area contributed by atoms with Crippen LogP contribution in [-0.2, 0) is 0 Å². The van der Waals surface area contributed by atoms with Crippen LogP contribution in [0.1, 0.15) is 0 Å². The maximum atomic E-state index is 10.6. The van der Waals surface area contributed by atoms with Crippen LogP contribution in [0.2, 0.25) is 0 Å². The lowest BCUT2D eigenvalue weighted by Crippen LogP contribution is -2.40. The molecule has 16 heavy (non-hydrogen) atoms. The Hall–Kier alpha value is -1.69. The van der Waals surface area contributed by atoms with Crippen molar-refractivity contribution in [2.45, 2.75) is 0 Å². The second-order valence-corrected chi connectivity index (χ2v) is 4.08. The summed E-state index contributed by atoms with van der Waals surface area (Å²) in [6.45, 7) is 0. The first-order chi connectivity index (χ1) is 7.61. The van der Waals surface area contributed by atoms with Gasteiger partial charge in [-0.25, -0.2) is 0 Å². The van der Waals surface area contributed by atoms with Gasteiger partial charge in [-0.1, -0.05) is 0 Å². The van der Waals surface area contributed by atoms with Crippen LogP contribution in [0, 0.1) is 10.1 Å². The van der Waals surface area contributed by atoms with Gasteiger partial charge < -0.3 is 0 Å². The van der Waals surface area contributed by atoms with E-state index in [1.165, 1.54) is 19.2 Å². The maximum Gasteiger partial charge on any atom is 0.270 e. The van der Waals surface area contributed by atoms with E-state index < -0.39 is 4.92 Å². The quantitative estimate of drug-likeness (QED) is 0.480. The van der Waals surface area contributed by atoms with Crippen LogP contribution in [0.25, 0.3) is 10.9 Å². The summed E-state index contributed by atoms with van der Waals surface area (Å²) in [6.07, 6.45) is 1.74. The summed E-state index contributed by atoms with van der Waals surface area (Å²) in [6, 6.07) is 6.42. The van der Waals surface area contributed by atoms with Crippen LogP contribution in [0.4, 0.5) is 5.69 Å². The van der Waals surface area contributed by atoms with Crippen LogP contribution in [0.3, 0.4) is 0 Å². The van der Waals surface area contributed by atoms with Crippen molar-refractivity contribution in [2.24, 2.45) is 0 Å². The zero-order chi connectivity index (χ0) is 11.7. The molecule has 2 aromatic rings. The fourth-order valence-corrected chi connectivity index (χ4v) is 1.92. The largest absolute Gasteiger partial charge is 0.274 e. The minimum Gasteiger partial charge on any atom is -0.274 e. The number of hydrogen-bond donors (Lipinski definition) is 0. The molecule has 0 aliphatic heterocycles. The average molecular weight is 284 g/mol. The number of fused-ring (bicyclic) bond motifs is 1. The first-order valence-corrected chi connectivity index (χ1v) is 5.25. The molecule has 2 rings (SSSR count). The molecule has 0 fully saturated rings. The molecule has 1 aromatic carbocycles. The molecular weight excluding hydrogens is 276 g/mol. The van der Waals surface area contributed by atoms with Crippen molar-refractivity contribution in [2.75, 3.05) is 7.11 Å². The first-order valence-electron chi connectivity index (χ1n) is 4.45. The third-order valence-corrected chi connectivity index (χ3v) is 2.62. The maximum absolute atomic E-state index is 10.6. The van der Waals surface area contributed by atoms with Crippen molar-refractivity contribution < 1.29 is 14.5 Å². The van der Waals surface area contributed by atoms with Gasteiger partial charge in [-0.15, -0.1) is 0 Å². The SMILES string of the molecule is CO[n+]1cc(Br)cc2cc([N+](=O)[O-])ccc21. The van der Waals surface area contributed by atoms with Gasteiger partial charge in [-0.2, -0.15) is 0 Å². The minimum atomic E-state index is -0.419. The normalized spacial score (nSPS) is 10.4. The smallest absolute Gasteiger partial charge is 0.270 e. The molecule has 6 heteroatoms. The Kier molecular flexibility index (Phi) is 2.74. The van der Waals surface area contributed by atoms with E-state index in [0.717, 1.165) is 15.4 Å². The Bertz CT molecular complexity index is 571. The number of nitro groups is 1. The number of rotatable bonds is 2. The van der Waals surface area contributed by atoms with E-state index >= 15 is 0 Å². The molecule has 0 amide bonds. The van der Waals surface area contributed by atoms with Crippen LogP contribution in [0.5, 0.6) is 0 Å². The van der Waals surface area contributed by atoms with Gasteiger partial charge in [0.15, 0.2) is 0 Å². The summed E-state index contributed by atoms with van der Waals surface area (Å²) in [5.74, 6) is 0. The predicted molar refractivity (Wildman–Crippen MR) is 61.0 cm³/mol. The lowest BCUT2D eigenvalue weighted by atomic mass is 10.2. The number of nitro benzene ring substituents is 1. The number of halogens is 1. The van der Waals surface area contributed by atoms with E-state index in [0.29, 0.717) is 0 Å². The van der Waals surface area contributed by atoms with Gasteiger partial charge >= 0.3 is 0 Å². The molecule has 5 nitrogen and oxygen atoms in total. The lowest BCUT2D eigenvalue weighted by Gasteiger charge is -1.98. The van der Waals surface area contributed by atoms with Gasteiger partial charge in [0.25, 0.3) is 11.2 Å². The van der Waals surface area contributed by atoms with Gasteiger partial charge in [0.2, 0.25) is 6.20 Å². The molecule has 0 aliphatic rings. The van der Waals surface area contributed by atoms with Crippen LogP contribution in [0.15, 0.2) is 34.9 Å². The van der Waals surface area contributed by atoms with Gasteiger partial charge in [0, 0.05) is 22.9 Å². The summed E-state index contributed by atoms with van der Waals surface area (Å²) in [7, 11) is 1.54. The highest BCUT2D eigenvalue weighted by molar-refractivity contribution is 9.10. The molecule has 0 saturated carbocycles. The third kappa shape index (κ3) is 1.83. The summed E-state index contributed by atoms with van der Waals surface area (Å²) < 4.78 is 2.34. The van der Waals surface area contributed by atoms with Crippen LogP contribution >= 0.6 is 15.9 Å².